The summed E-state index contributed by atoms with van der Waals surface area (Å²) >= 11 is 0. The highest BCUT2D eigenvalue weighted by Crippen LogP contribution is 2.23. The molecule has 1 aliphatic heterocycles. The molecule has 1 aliphatic rings. The molecule has 0 saturated carbocycles. The maximum Gasteiger partial charge on any atom is 0.329 e. The highest BCUT2D eigenvalue weighted by molar-refractivity contribution is 6.09. The smallest absolute Gasteiger partial charge is 0.329 e. The summed E-state index contributed by atoms with van der Waals surface area (Å²) in [5, 5.41) is 18.4. The van der Waals surface area contributed by atoms with Crippen molar-refractivity contribution in [3.05, 3.63) is 34.9 Å². The van der Waals surface area contributed by atoms with Crippen LogP contribution < -0.4 is 0 Å². The maximum atomic E-state index is 12.0. The number of aliphatic hydroxyl groups is 1. The molecule has 1 atom stereocenters. The third-order valence-corrected chi connectivity index (χ3v) is 3.27. The van der Waals surface area contributed by atoms with Crippen LogP contribution in [0.3, 0.4) is 0 Å². The zero-order chi connectivity index (χ0) is 15.6. The number of likely N-dealkylation sites (N-methyl/N-ethyl adjacent to an activating group) is 1. The molecule has 1 unspecified atom stereocenters. The van der Waals surface area contributed by atoms with Crippen LogP contribution in [0.2, 0.25) is 0 Å². The first-order valence-corrected chi connectivity index (χ1v) is 6.31. The van der Waals surface area contributed by atoms with E-state index in [0.29, 0.717) is 16.7 Å². The van der Waals surface area contributed by atoms with Gasteiger partial charge in [0, 0.05) is 12.6 Å². The molecule has 1 aromatic carbocycles. The zero-order valence-corrected chi connectivity index (χ0v) is 11.4. The van der Waals surface area contributed by atoms with E-state index in [2.05, 4.69) is 0 Å². The third kappa shape index (κ3) is 3.26. The van der Waals surface area contributed by atoms with Crippen LogP contribution in [0.1, 0.15) is 27.6 Å². The van der Waals surface area contributed by atoms with Crippen LogP contribution in [0.4, 0.5) is 0 Å². The minimum absolute atomic E-state index is 0.142. The highest BCUT2D eigenvalue weighted by atomic mass is 16.5. The number of amides is 2. The number of carboxylic acid groups (broad SMARTS) is 1. The first-order valence-electron chi connectivity index (χ1n) is 6.31. The van der Waals surface area contributed by atoms with Crippen molar-refractivity contribution < 1.29 is 29.3 Å². The molecule has 7 nitrogen and oxygen atoms in total. The van der Waals surface area contributed by atoms with Gasteiger partial charge >= 0.3 is 5.97 Å². The van der Waals surface area contributed by atoms with Crippen molar-refractivity contribution in [1.29, 1.82) is 0 Å². The number of rotatable bonds is 5. The Morgan fingerprint density at radius 2 is 2.14 bits per heavy atom. The Bertz CT molecular complexity index is 597. The number of carboxylic acids is 1. The van der Waals surface area contributed by atoms with Crippen LogP contribution >= 0.6 is 0 Å². The van der Waals surface area contributed by atoms with E-state index in [1.807, 2.05) is 0 Å². The van der Waals surface area contributed by atoms with E-state index in [0.717, 1.165) is 4.90 Å². The molecule has 21 heavy (non-hydrogen) atoms. The van der Waals surface area contributed by atoms with Crippen molar-refractivity contribution in [3.63, 3.8) is 0 Å². The van der Waals surface area contributed by atoms with E-state index < -0.39 is 24.6 Å². The van der Waals surface area contributed by atoms with Crippen molar-refractivity contribution >= 4 is 17.8 Å². The topological polar surface area (TPSA) is 104 Å². The monoisotopic (exact) mass is 293 g/mol. The molecule has 2 N–H and O–H groups in total. The molecule has 0 aromatic heterocycles. The standard InChI is InChI=1S/C14H15NO6/c1-15-12(17)5-8-2-3-9(4-10(8)14(15)20)11(16)6-21-7-13(18)19/h2-4,11,16H,5-7H2,1H3,(H,18,19). The Morgan fingerprint density at radius 3 is 2.81 bits per heavy atom. The van der Waals surface area contributed by atoms with E-state index in [9.17, 15) is 19.5 Å². The number of ether oxygens (including phenoxy) is 1. The molecule has 0 fully saturated rings. The molecular formula is C14H15NO6. The Labute approximate surface area is 120 Å². The average molecular weight is 293 g/mol. The summed E-state index contributed by atoms with van der Waals surface area (Å²) in [6.07, 6.45) is -0.894. The molecule has 2 amide bonds. The second kappa shape index (κ2) is 6.02. The number of hydrogen-bond acceptors (Lipinski definition) is 5. The van der Waals surface area contributed by atoms with Crippen LogP contribution in [0, 0.1) is 0 Å². The van der Waals surface area contributed by atoms with Crippen LogP contribution in [0.15, 0.2) is 18.2 Å². The number of aliphatic hydroxyl groups excluding tert-OH is 1. The fraction of sp³-hybridized carbons (Fsp3) is 0.357. The number of carbonyl (C=O) groups excluding carboxylic acids is 2. The molecule has 112 valence electrons. The van der Waals surface area contributed by atoms with Crippen molar-refractivity contribution in [2.45, 2.75) is 12.5 Å². The van der Waals surface area contributed by atoms with E-state index in [4.69, 9.17) is 9.84 Å². The lowest BCUT2D eigenvalue weighted by Gasteiger charge is -2.24. The van der Waals surface area contributed by atoms with E-state index >= 15 is 0 Å². The normalized spacial score (nSPS) is 15.8. The van der Waals surface area contributed by atoms with Gasteiger partial charge in [0.2, 0.25) is 5.91 Å². The SMILES string of the molecule is CN1C(=O)Cc2ccc(C(O)COCC(=O)O)cc2C1=O. The van der Waals surface area contributed by atoms with Crippen LogP contribution in [-0.4, -0.2) is 53.2 Å². The van der Waals surface area contributed by atoms with Gasteiger partial charge in [-0.3, -0.25) is 14.5 Å². The summed E-state index contributed by atoms with van der Waals surface area (Å²) in [5.74, 6) is -1.81. The molecule has 1 heterocycles. The molecule has 0 aliphatic carbocycles. The van der Waals surface area contributed by atoms with Crippen molar-refractivity contribution in [2.75, 3.05) is 20.3 Å². The van der Waals surface area contributed by atoms with E-state index in [-0.39, 0.29) is 18.9 Å². The quantitative estimate of drug-likeness (QED) is 0.739. The van der Waals surface area contributed by atoms with Gasteiger partial charge in [-0.2, -0.15) is 0 Å². The summed E-state index contributed by atoms with van der Waals surface area (Å²) in [7, 11) is 1.41. The molecule has 0 bridgehead atoms. The number of fused-ring (bicyclic) bond motifs is 1. The number of benzene rings is 1. The number of carbonyl (C=O) groups is 3. The summed E-state index contributed by atoms with van der Waals surface area (Å²) in [6, 6.07) is 4.72. The van der Waals surface area contributed by atoms with Gasteiger partial charge in [-0.25, -0.2) is 4.79 Å². The van der Waals surface area contributed by atoms with Gasteiger partial charge in [0.15, 0.2) is 0 Å². The maximum absolute atomic E-state index is 12.0. The van der Waals surface area contributed by atoms with E-state index in [1.54, 1.807) is 12.1 Å². The third-order valence-electron chi connectivity index (χ3n) is 3.27. The van der Waals surface area contributed by atoms with Gasteiger partial charge < -0.3 is 14.9 Å². The van der Waals surface area contributed by atoms with Crippen molar-refractivity contribution in [1.82, 2.24) is 4.90 Å². The highest BCUT2D eigenvalue weighted by Gasteiger charge is 2.28. The fourth-order valence-corrected chi connectivity index (χ4v) is 2.08. The molecule has 0 spiro atoms. The molecular weight excluding hydrogens is 278 g/mol. The summed E-state index contributed by atoms with van der Waals surface area (Å²) in [6.45, 7) is -0.688. The lowest BCUT2D eigenvalue weighted by Crippen LogP contribution is -2.39. The number of hydrogen-bond donors (Lipinski definition) is 2. The minimum Gasteiger partial charge on any atom is -0.480 e. The number of aliphatic carboxylic acids is 1. The Hall–Kier alpha value is -2.25. The van der Waals surface area contributed by atoms with Crippen LogP contribution in [0.5, 0.6) is 0 Å². The molecule has 0 saturated heterocycles. The zero-order valence-electron chi connectivity index (χ0n) is 11.4. The molecule has 2 rings (SSSR count). The predicted octanol–water partition coefficient (Wildman–Crippen LogP) is -0.0241. The van der Waals surface area contributed by atoms with Gasteiger partial charge in [-0.05, 0) is 17.2 Å². The Kier molecular flexibility index (Phi) is 4.35. The van der Waals surface area contributed by atoms with Crippen LogP contribution in [-0.2, 0) is 20.7 Å². The molecule has 1 aromatic rings. The number of imide groups is 1. The second-order valence-electron chi connectivity index (χ2n) is 4.78. The van der Waals surface area contributed by atoms with E-state index in [1.165, 1.54) is 13.1 Å². The molecule has 7 heteroatoms. The average Bonchev–Trinajstić information content (AvgIpc) is 2.44. The minimum atomic E-state index is -1.12. The number of nitrogens with zero attached hydrogens (tertiary/aromatic N) is 1. The Balaban J connectivity index is 2.15. The predicted molar refractivity (Wildman–Crippen MR) is 70.7 cm³/mol. The first-order chi connectivity index (χ1) is 9.90. The second-order valence-corrected chi connectivity index (χ2v) is 4.78. The fourth-order valence-electron chi connectivity index (χ4n) is 2.08. The summed E-state index contributed by atoms with van der Waals surface area (Å²) < 4.78 is 4.82. The van der Waals surface area contributed by atoms with Crippen molar-refractivity contribution in [2.24, 2.45) is 0 Å². The lowest BCUT2D eigenvalue weighted by atomic mass is 9.95. The van der Waals surface area contributed by atoms with Gasteiger partial charge in [0.05, 0.1) is 13.0 Å². The largest absolute Gasteiger partial charge is 0.480 e. The first kappa shape index (κ1) is 15.1. The van der Waals surface area contributed by atoms with Gasteiger partial charge in [-0.15, -0.1) is 0 Å². The van der Waals surface area contributed by atoms with Crippen molar-refractivity contribution in [3.8, 4) is 0 Å². The summed E-state index contributed by atoms with van der Waals surface area (Å²) in [4.78, 5) is 35.0. The van der Waals surface area contributed by atoms with Gasteiger partial charge in [0.1, 0.15) is 12.7 Å². The lowest BCUT2D eigenvalue weighted by molar-refractivity contribution is -0.143. The van der Waals surface area contributed by atoms with Crippen LogP contribution in [0.25, 0.3) is 0 Å². The molecule has 0 radical (unpaired) electrons. The summed E-state index contributed by atoms with van der Waals surface area (Å²) in [5.41, 5.74) is 1.42. The Morgan fingerprint density at radius 1 is 1.43 bits per heavy atom. The van der Waals surface area contributed by atoms with Gasteiger partial charge in [-0.1, -0.05) is 12.1 Å². The van der Waals surface area contributed by atoms with Gasteiger partial charge in [0.25, 0.3) is 5.91 Å².